The van der Waals surface area contributed by atoms with Crippen molar-refractivity contribution in [2.45, 2.75) is 26.2 Å². The standard InChI is InChI=1S/C8H15N3/c1-6(2)8-10-5-7(11-8)3-4-9/h5-6H,3-4,9H2,1-2H3,(H,10,11). The molecule has 1 rings (SSSR count). The van der Waals surface area contributed by atoms with Crippen molar-refractivity contribution in [1.82, 2.24) is 9.97 Å². The first-order valence-electron chi connectivity index (χ1n) is 3.98. The summed E-state index contributed by atoms with van der Waals surface area (Å²) in [4.78, 5) is 7.45. The Morgan fingerprint density at radius 2 is 2.36 bits per heavy atom. The molecule has 1 aromatic rings. The Bertz CT molecular complexity index is 215. The van der Waals surface area contributed by atoms with Crippen LogP contribution < -0.4 is 5.73 Å². The predicted octanol–water partition coefficient (Wildman–Crippen LogP) is 1.03. The molecule has 0 spiro atoms. The zero-order valence-electron chi connectivity index (χ0n) is 7.09. The monoisotopic (exact) mass is 153 g/mol. The van der Waals surface area contributed by atoms with Gasteiger partial charge in [0.25, 0.3) is 0 Å². The third-order valence-electron chi connectivity index (χ3n) is 1.61. The molecule has 0 saturated heterocycles. The summed E-state index contributed by atoms with van der Waals surface area (Å²) in [6, 6.07) is 0. The van der Waals surface area contributed by atoms with Crippen molar-refractivity contribution in [3.05, 3.63) is 17.7 Å². The summed E-state index contributed by atoms with van der Waals surface area (Å²) in [7, 11) is 0. The molecule has 0 aromatic carbocycles. The van der Waals surface area contributed by atoms with E-state index in [1.54, 1.807) is 0 Å². The Morgan fingerprint density at radius 3 is 2.82 bits per heavy atom. The van der Waals surface area contributed by atoms with E-state index in [2.05, 4.69) is 23.8 Å². The number of H-pyrrole nitrogens is 1. The molecule has 3 N–H and O–H groups in total. The van der Waals surface area contributed by atoms with E-state index in [9.17, 15) is 0 Å². The highest BCUT2D eigenvalue weighted by atomic mass is 14.9. The summed E-state index contributed by atoms with van der Waals surface area (Å²) in [5.74, 6) is 1.52. The minimum atomic E-state index is 0.474. The fourth-order valence-electron chi connectivity index (χ4n) is 0.952. The smallest absolute Gasteiger partial charge is 0.108 e. The lowest BCUT2D eigenvalue weighted by molar-refractivity contribution is 0.786. The van der Waals surface area contributed by atoms with E-state index in [4.69, 9.17) is 5.73 Å². The highest BCUT2D eigenvalue weighted by Crippen LogP contribution is 2.09. The molecular weight excluding hydrogens is 138 g/mol. The second-order valence-corrected chi connectivity index (χ2v) is 2.99. The number of nitrogens with one attached hydrogen (secondary N) is 1. The topological polar surface area (TPSA) is 54.7 Å². The van der Waals surface area contributed by atoms with Crippen LogP contribution in [-0.4, -0.2) is 16.5 Å². The van der Waals surface area contributed by atoms with E-state index in [1.165, 1.54) is 0 Å². The van der Waals surface area contributed by atoms with E-state index in [0.717, 1.165) is 17.9 Å². The van der Waals surface area contributed by atoms with Crippen LogP contribution >= 0.6 is 0 Å². The quantitative estimate of drug-likeness (QED) is 0.681. The van der Waals surface area contributed by atoms with Gasteiger partial charge in [0, 0.05) is 24.2 Å². The number of nitrogens with two attached hydrogens (primary N) is 1. The van der Waals surface area contributed by atoms with E-state index in [-0.39, 0.29) is 0 Å². The zero-order chi connectivity index (χ0) is 8.27. The number of nitrogens with zero attached hydrogens (tertiary/aromatic N) is 1. The van der Waals surface area contributed by atoms with Gasteiger partial charge in [0.15, 0.2) is 0 Å². The summed E-state index contributed by atoms with van der Waals surface area (Å²) in [6.07, 6.45) is 2.75. The van der Waals surface area contributed by atoms with Crippen molar-refractivity contribution in [2.24, 2.45) is 5.73 Å². The van der Waals surface area contributed by atoms with Crippen molar-refractivity contribution in [2.75, 3.05) is 6.54 Å². The lowest BCUT2D eigenvalue weighted by Gasteiger charge is -1.97. The Labute approximate surface area is 67.0 Å². The lowest BCUT2D eigenvalue weighted by atomic mass is 10.2. The predicted molar refractivity (Wildman–Crippen MR) is 45.4 cm³/mol. The maximum atomic E-state index is 5.40. The molecule has 3 nitrogen and oxygen atoms in total. The molecule has 0 unspecified atom stereocenters. The largest absolute Gasteiger partial charge is 0.346 e. The molecule has 0 atom stereocenters. The van der Waals surface area contributed by atoms with Gasteiger partial charge in [-0.1, -0.05) is 13.8 Å². The second kappa shape index (κ2) is 3.53. The van der Waals surface area contributed by atoms with E-state index in [0.29, 0.717) is 12.5 Å². The lowest BCUT2D eigenvalue weighted by Crippen LogP contribution is -2.02. The molecule has 0 radical (unpaired) electrons. The van der Waals surface area contributed by atoms with Crippen molar-refractivity contribution in [3.63, 3.8) is 0 Å². The molecule has 0 aliphatic carbocycles. The molecule has 0 amide bonds. The van der Waals surface area contributed by atoms with Crippen molar-refractivity contribution >= 4 is 0 Å². The van der Waals surface area contributed by atoms with Gasteiger partial charge < -0.3 is 10.7 Å². The average Bonchev–Trinajstić information content (AvgIpc) is 2.37. The molecule has 0 saturated carbocycles. The Hall–Kier alpha value is -0.830. The molecule has 0 bridgehead atoms. The van der Waals surface area contributed by atoms with Gasteiger partial charge in [0.05, 0.1) is 0 Å². The normalized spacial score (nSPS) is 10.9. The zero-order valence-corrected chi connectivity index (χ0v) is 7.09. The molecule has 0 aliphatic rings. The molecule has 0 aliphatic heterocycles. The van der Waals surface area contributed by atoms with Crippen LogP contribution in [0.15, 0.2) is 6.20 Å². The van der Waals surface area contributed by atoms with Crippen LogP contribution in [0.3, 0.4) is 0 Å². The van der Waals surface area contributed by atoms with E-state index in [1.807, 2.05) is 6.20 Å². The molecule has 62 valence electrons. The van der Waals surface area contributed by atoms with Crippen LogP contribution in [0.4, 0.5) is 0 Å². The van der Waals surface area contributed by atoms with Gasteiger partial charge in [0.1, 0.15) is 5.82 Å². The molecule has 1 heterocycles. The summed E-state index contributed by atoms with van der Waals surface area (Å²) < 4.78 is 0. The maximum absolute atomic E-state index is 5.40. The molecular formula is C8H15N3. The van der Waals surface area contributed by atoms with E-state index < -0.39 is 0 Å². The third-order valence-corrected chi connectivity index (χ3v) is 1.61. The van der Waals surface area contributed by atoms with Gasteiger partial charge in [-0.25, -0.2) is 4.98 Å². The third kappa shape index (κ3) is 2.05. The van der Waals surface area contributed by atoms with Gasteiger partial charge in [-0.15, -0.1) is 0 Å². The Balaban J connectivity index is 2.66. The minimum absolute atomic E-state index is 0.474. The van der Waals surface area contributed by atoms with Crippen LogP contribution in [0.25, 0.3) is 0 Å². The molecule has 1 aromatic heterocycles. The van der Waals surface area contributed by atoms with Gasteiger partial charge >= 0.3 is 0 Å². The first-order chi connectivity index (χ1) is 5.24. The summed E-state index contributed by atoms with van der Waals surface area (Å²) in [5.41, 5.74) is 6.53. The summed E-state index contributed by atoms with van der Waals surface area (Å²) >= 11 is 0. The number of imidazole rings is 1. The Morgan fingerprint density at radius 1 is 1.64 bits per heavy atom. The van der Waals surface area contributed by atoms with Crippen molar-refractivity contribution in [3.8, 4) is 0 Å². The van der Waals surface area contributed by atoms with Crippen molar-refractivity contribution in [1.29, 1.82) is 0 Å². The number of aromatic amines is 1. The summed E-state index contributed by atoms with van der Waals surface area (Å²) in [5, 5.41) is 0. The maximum Gasteiger partial charge on any atom is 0.108 e. The van der Waals surface area contributed by atoms with Gasteiger partial charge in [0.2, 0.25) is 0 Å². The fraction of sp³-hybridized carbons (Fsp3) is 0.625. The van der Waals surface area contributed by atoms with E-state index >= 15 is 0 Å². The SMILES string of the molecule is CC(C)c1ncc(CCN)[nH]1. The first-order valence-corrected chi connectivity index (χ1v) is 3.98. The van der Waals surface area contributed by atoms with Crippen LogP contribution in [0.5, 0.6) is 0 Å². The Kier molecular flexibility index (Phi) is 2.65. The summed E-state index contributed by atoms with van der Waals surface area (Å²) in [6.45, 7) is 4.91. The highest BCUT2D eigenvalue weighted by Gasteiger charge is 2.02. The average molecular weight is 153 g/mol. The van der Waals surface area contributed by atoms with Gasteiger partial charge in [-0.3, -0.25) is 0 Å². The minimum Gasteiger partial charge on any atom is -0.346 e. The second-order valence-electron chi connectivity index (χ2n) is 2.99. The first kappa shape index (κ1) is 8.27. The number of rotatable bonds is 3. The molecule has 0 fully saturated rings. The van der Waals surface area contributed by atoms with Crippen LogP contribution in [0, 0.1) is 0 Å². The van der Waals surface area contributed by atoms with Crippen LogP contribution in [-0.2, 0) is 6.42 Å². The van der Waals surface area contributed by atoms with Crippen LogP contribution in [0.2, 0.25) is 0 Å². The molecule has 3 heteroatoms. The molecule has 11 heavy (non-hydrogen) atoms. The van der Waals surface area contributed by atoms with Gasteiger partial charge in [-0.05, 0) is 6.54 Å². The van der Waals surface area contributed by atoms with Crippen LogP contribution in [0.1, 0.15) is 31.3 Å². The fourth-order valence-corrected chi connectivity index (χ4v) is 0.952. The number of hydrogen-bond donors (Lipinski definition) is 2. The highest BCUT2D eigenvalue weighted by molar-refractivity contribution is 5.04. The van der Waals surface area contributed by atoms with Crippen molar-refractivity contribution < 1.29 is 0 Å². The number of hydrogen-bond acceptors (Lipinski definition) is 2. The van der Waals surface area contributed by atoms with Gasteiger partial charge in [-0.2, -0.15) is 0 Å². The number of aromatic nitrogens is 2.